The predicted octanol–water partition coefficient (Wildman–Crippen LogP) is 5.42. The van der Waals surface area contributed by atoms with Crippen LogP contribution in [-0.4, -0.2) is 11.1 Å². The van der Waals surface area contributed by atoms with Crippen molar-refractivity contribution in [2.75, 3.05) is 0 Å². The number of carboxylic acids is 1. The smallest absolute Gasteiger partial charge is 0.306 e. The van der Waals surface area contributed by atoms with Crippen LogP contribution < -0.4 is 0 Å². The lowest BCUT2D eigenvalue weighted by atomic mass is 9.82. The summed E-state index contributed by atoms with van der Waals surface area (Å²) in [6, 6.07) is 5.88. The van der Waals surface area contributed by atoms with E-state index in [1.807, 2.05) is 25.1 Å². The molecule has 0 aliphatic rings. The summed E-state index contributed by atoms with van der Waals surface area (Å²) in [6.07, 6.45) is 5.59. The molecule has 0 saturated heterocycles. The fourth-order valence-electron chi connectivity index (χ4n) is 2.57. The van der Waals surface area contributed by atoms with Crippen LogP contribution in [0.15, 0.2) is 18.2 Å². The van der Waals surface area contributed by atoms with E-state index in [0.29, 0.717) is 0 Å². The number of rotatable bonds is 8. The molecule has 0 aliphatic heterocycles. The maximum absolute atomic E-state index is 11.3. The van der Waals surface area contributed by atoms with Gasteiger partial charge in [-0.1, -0.05) is 63.3 Å². The van der Waals surface area contributed by atoms with Crippen molar-refractivity contribution in [1.82, 2.24) is 0 Å². The Balaban J connectivity index is 2.85. The van der Waals surface area contributed by atoms with E-state index in [1.54, 1.807) is 6.92 Å². The Hall–Kier alpha value is -1.02. The highest BCUT2D eigenvalue weighted by Gasteiger charge is 2.25. The number of hydrogen-bond donors (Lipinski definition) is 1. The Labute approximate surface area is 127 Å². The zero-order valence-electron chi connectivity index (χ0n) is 12.7. The number of unbranched alkanes of at least 4 members (excludes halogenated alkanes) is 3. The number of halogens is 1. The van der Waals surface area contributed by atoms with Crippen molar-refractivity contribution in [3.63, 3.8) is 0 Å². The fourth-order valence-corrected chi connectivity index (χ4v) is 2.68. The topological polar surface area (TPSA) is 37.3 Å². The minimum Gasteiger partial charge on any atom is -0.481 e. The number of carboxylic acid groups (broad SMARTS) is 1. The molecule has 0 amide bonds. The first kappa shape index (κ1) is 17.0. The van der Waals surface area contributed by atoms with E-state index >= 15 is 0 Å². The summed E-state index contributed by atoms with van der Waals surface area (Å²) >= 11 is 6.06. The van der Waals surface area contributed by atoms with Crippen LogP contribution in [0, 0.1) is 12.8 Å². The lowest BCUT2D eigenvalue weighted by Gasteiger charge is -2.22. The van der Waals surface area contributed by atoms with Crippen molar-refractivity contribution in [3.8, 4) is 0 Å². The van der Waals surface area contributed by atoms with Crippen LogP contribution in [0.5, 0.6) is 0 Å². The number of carbonyl (C=O) groups is 1. The maximum atomic E-state index is 11.3. The first-order chi connectivity index (χ1) is 9.47. The van der Waals surface area contributed by atoms with E-state index in [4.69, 9.17) is 11.6 Å². The zero-order valence-corrected chi connectivity index (χ0v) is 13.4. The first-order valence-corrected chi connectivity index (χ1v) is 7.84. The molecule has 0 saturated carbocycles. The summed E-state index contributed by atoms with van der Waals surface area (Å²) < 4.78 is 0. The second kappa shape index (κ2) is 8.31. The van der Waals surface area contributed by atoms with Gasteiger partial charge in [0.2, 0.25) is 0 Å². The van der Waals surface area contributed by atoms with Gasteiger partial charge in [-0.3, -0.25) is 4.79 Å². The number of aryl methyl sites for hydroxylation is 1. The minimum atomic E-state index is -0.724. The molecule has 2 atom stereocenters. The molecule has 0 aliphatic carbocycles. The van der Waals surface area contributed by atoms with Crippen molar-refractivity contribution in [2.45, 2.75) is 58.8 Å². The summed E-state index contributed by atoms with van der Waals surface area (Å²) in [5.74, 6) is -1.02. The summed E-state index contributed by atoms with van der Waals surface area (Å²) in [5, 5.41) is 10.1. The Kier molecular flexibility index (Phi) is 7.08. The highest BCUT2D eigenvalue weighted by Crippen LogP contribution is 2.32. The molecule has 1 aromatic rings. The summed E-state index contributed by atoms with van der Waals surface area (Å²) in [4.78, 5) is 11.3. The molecule has 0 bridgehead atoms. The van der Waals surface area contributed by atoms with Gasteiger partial charge in [0.1, 0.15) is 0 Å². The molecule has 2 unspecified atom stereocenters. The van der Waals surface area contributed by atoms with Gasteiger partial charge < -0.3 is 5.11 Å². The van der Waals surface area contributed by atoms with Crippen LogP contribution in [0.1, 0.15) is 63.0 Å². The van der Waals surface area contributed by atoms with Gasteiger partial charge in [-0.25, -0.2) is 0 Å². The average Bonchev–Trinajstić information content (AvgIpc) is 2.41. The Bertz CT molecular complexity index is 443. The quantitative estimate of drug-likeness (QED) is 0.650. The molecular weight excluding hydrogens is 272 g/mol. The highest BCUT2D eigenvalue weighted by molar-refractivity contribution is 6.31. The van der Waals surface area contributed by atoms with Crippen LogP contribution in [0.25, 0.3) is 0 Å². The average molecular weight is 297 g/mol. The predicted molar refractivity (Wildman–Crippen MR) is 84.5 cm³/mol. The second-order valence-corrected chi connectivity index (χ2v) is 6.00. The van der Waals surface area contributed by atoms with E-state index in [2.05, 4.69) is 6.92 Å². The van der Waals surface area contributed by atoms with Crippen LogP contribution in [0.3, 0.4) is 0 Å². The standard InChI is InChI=1S/C17H25ClO2/c1-4-5-6-7-8-15(13(3)17(19)20)14-9-10-16(18)12(2)11-14/h9-11,13,15H,4-8H2,1-3H3,(H,19,20). The van der Waals surface area contributed by atoms with Gasteiger partial charge in [0.25, 0.3) is 0 Å². The molecule has 0 fully saturated rings. The van der Waals surface area contributed by atoms with Gasteiger partial charge in [0.15, 0.2) is 0 Å². The third kappa shape index (κ3) is 4.82. The van der Waals surface area contributed by atoms with Gasteiger partial charge in [-0.05, 0) is 36.5 Å². The van der Waals surface area contributed by atoms with Crippen molar-refractivity contribution in [1.29, 1.82) is 0 Å². The molecule has 0 aromatic heterocycles. The number of hydrogen-bond acceptors (Lipinski definition) is 1. The molecule has 1 N–H and O–H groups in total. The lowest BCUT2D eigenvalue weighted by molar-refractivity contribution is -0.142. The number of benzene rings is 1. The zero-order chi connectivity index (χ0) is 15.1. The summed E-state index contributed by atoms with van der Waals surface area (Å²) in [7, 11) is 0. The highest BCUT2D eigenvalue weighted by atomic mass is 35.5. The molecular formula is C17H25ClO2. The van der Waals surface area contributed by atoms with E-state index in [1.165, 1.54) is 19.3 Å². The Morgan fingerprint density at radius 1 is 1.30 bits per heavy atom. The van der Waals surface area contributed by atoms with Crippen molar-refractivity contribution in [2.24, 2.45) is 5.92 Å². The van der Waals surface area contributed by atoms with Crippen molar-refractivity contribution in [3.05, 3.63) is 34.3 Å². The molecule has 1 rings (SSSR count). The van der Waals surface area contributed by atoms with Gasteiger partial charge in [-0.15, -0.1) is 0 Å². The van der Waals surface area contributed by atoms with Gasteiger partial charge >= 0.3 is 5.97 Å². The van der Waals surface area contributed by atoms with E-state index < -0.39 is 5.97 Å². The number of aliphatic carboxylic acids is 1. The fraction of sp³-hybridized carbons (Fsp3) is 0.588. The van der Waals surface area contributed by atoms with Crippen molar-refractivity contribution >= 4 is 17.6 Å². The first-order valence-electron chi connectivity index (χ1n) is 7.46. The van der Waals surface area contributed by atoms with Crippen LogP contribution in [0.4, 0.5) is 0 Å². The largest absolute Gasteiger partial charge is 0.481 e. The Morgan fingerprint density at radius 2 is 2.00 bits per heavy atom. The summed E-state index contributed by atoms with van der Waals surface area (Å²) in [5.41, 5.74) is 2.11. The van der Waals surface area contributed by atoms with Crippen LogP contribution in [-0.2, 0) is 4.79 Å². The van der Waals surface area contributed by atoms with Crippen LogP contribution >= 0.6 is 11.6 Å². The summed E-state index contributed by atoms with van der Waals surface area (Å²) in [6.45, 7) is 5.95. The maximum Gasteiger partial charge on any atom is 0.306 e. The normalized spacial score (nSPS) is 14.0. The molecule has 0 spiro atoms. The van der Waals surface area contributed by atoms with E-state index in [0.717, 1.165) is 29.0 Å². The van der Waals surface area contributed by atoms with Crippen LogP contribution in [0.2, 0.25) is 5.02 Å². The monoisotopic (exact) mass is 296 g/mol. The molecule has 112 valence electrons. The molecule has 0 heterocycles. The molecule has 0 radical (unpaired) electrons. The second-order valence-electron chi connectivity index (χ2n) is 5.59. The molecule has 1 aromatic carbocycles. The van der Waals surface area contributed by atoms with E-state index in [-0.39, 0.29) is 11.8 Å². The van der Waals surface area contributed by atoms with Gasteiger partial charge in [-0.2, -0.15) is 0 Å². The SMILES string of the molecule is CCCCCCC(c1ccc(Cl)c(C)c1)C(C)C(=O)O. The molecule has 2 nitrogen and oxygen atoms in total. The third-order valence-electron chi connectivity index (χ3n) is 3.97. The minimum absolute atomic E-state index is 0.0697. The van der Waals surface area contributed by atoms with Crippen molar-refractivity contribution < 1.29 is 9.90 Å². The molecule has 3 heteroatoms. The van der Waals surface area contributed by atoms with Gasteiger partial charge in [0, 0.05) is 5.02 Å². The van der Waals surface area contributed by atoms with E-state index in [9.17, 15) is 9.90 Å². The third-order valence-corrected chi connectivity index (χ3v) is 4.40. The van der Waals surface area contributed by atoms with Gasteiger partial charge in [0.05, 0.1) is 5.92 Å². The lowest BCUT2D eigenvalue weighted by Crippen LogP contribution is -2.19. The molecule has 20 heavy (non-hydrogen) atoms. The Morgan fingerprint density at radius 3 is 2.55 bits per heavy atom.